The number of amides is 1. The van der Waals surface area contributed by atoms with E-state index in [0.717, 1.165) is 27.6 Å². The Labute approximate surface area is 167 Å². The van der Waals surface area contributed by atoms with Crippen LogP contribution in [0.4, 0.5) is 5.13 Å². The number of fused-ring (bicyclic) bond motifs is 1. The maximum Gasteiger partial charge on any atom is 0.231 e. The summed E-state index contributed by atoms with van der Waals surface area (Å²) in [6.07, 6.45) is 1.02. The molecule has 2 aromatic carbocycles. The van der Waals surface area contributed by atoms with E-state index in [1.807, 2.05) is 55.5 Å². The van der Waals surface area contributed by atoms with E-state index in [1.54, 1.807) is 0 Å². The number of para-hydroxylation sites is 1. The van der Waals surface area contributed by atoms with Crippen LogP contribution in [0.5, 0.6) is 17.2 Å². The highest BCUT2D eigenvalue weighted by atomic mass is 32.1. The maximum absolute atomic E-state index is 12.2. The Morgan fingerprint density at radius 1 is 1.18 bits per heavy atom. The molecule has 4 rings (SSSR count). The predicted octanol–water partition coefficient (Wildman–Crippen LogP) is 4.64. The molecule has 28 heavy (non-hydrogen) atoms. The lowest BCUT2D eigenvalue weighted by molar-refractivity contribution is -0.116. The van der Waals surface area contributed by atoms with Crippen LogP contribution in [0.15, 0.2) is 48.5 Å². The summed E-state index contributed by atoms with van der Waals surface area (Å²) in [4.78, 5) is 17.8. The van der Waals surface area contributed by atoms with Gasteiger partial charge in [0.25, 0.3) is 0 Å². The van der Waals surface area contributed by atoms with Crippen molar-refractivity contribution in [3.63, 3.8) is 0 Å². The molecule has 0 fully saturated rings. The van der Waals surface area contributed by atoms with Crippen LogP contribution in [-0.2, 0) is 4.79 Å². The first-order valence-corrected chi connectivity index (χ1v) is 9.86. The van der Waals surface area contributed by atoms with Crippen LogP contribution in [0.3, 0.4) is 0 Å². The molecule has 0 atom stereocenters. The summed E-state index contributed by atoms with van der Waals surface area (Å²) in [5.41, 5.74) is 1.78. The summed E-state index contributed by atoms with van der Waals surface area (Å²) < 4.78 is 16.4. The van der Waals surface area contributed by atoms with Gasteiger partial charge in [0.15, 0.2) is 16.6 Å². The summed E-state index contributed by atoms with van der Waals surface area (Å²) in [5, 5.41) is 3.48. The number of aryl methyl sites for hydroxylation is 1. The van der Waals surface area contributed by atoms with Crippen molar-refractivity contribution in [2.24, 2.45) is 0 Å². The molecule has 6 nitrogen and oxygen atoms in total. The van der Waals surface area contributed by atoms with Gasteiger partial charge in [0.2, 0.25) is 12.7 Å². The molecule has 0 bridgehead atoms. The second kappa shape index (κ2) is 8.31. The van der Waals surface area contributed by atoms with E-state index in [4.69, 9.17) is 14.2 Å². The summed E-state index contributed by atoms with van der Waals surface area (Å²) in [6, 6.07) is 15.3. The molecule has 3 aromatic rings. The molecule has 1 aliphatic rings. The number of thiazole rings is 1. The Kier molecular flexibility index (Phi) is 5.43. The first kappa shape index (κ1) is 18.3. The molecule has 0 radical (unpaired) electrons. The number of aromatic nitrogens is 1. The number of rotatable bonds is 7. The minimum absolute atomic E-state index is 0.0670. The molecule has 0 saturated heterocycles. The van der Waals surface area contributed by atoms with Crippen LogP contribution in [0.25, 0.3) is 11.3 Å². The Morgan fingerprint density at radius 2 is 2.00 bits per heavy atom. The van der Waals surface area contributed by atoms with Crippen LogP contribution < -0.4 is 19.5 Å². The Hall–Kier alpha value is -3.06. The molecule has 2 heterocycles. The van der Waals surface area contributed by atoms with Crippen molar-refractivity contribution in [2.45, 2.75) is 19.8 Å². The number of hydrogen-bond acceptors (Lipinski definition) is 6. The van der Waals surface area contributed by atoms with Crippen LogP contribution in [0.1, 0.15) is 17.7 Å². The zero-order valence-corrected chi connectivity index (χ0v) is 16.3. The number of carbonyl (C=O) groups excluding carboxylic acids is 1. The molecular weight excluding hydrogens is 376 g/mol. The highest BCUT2D eigenvalue weighted by Gasteiger charge is 2.17. The van der Waals surface area contributed by atoms with Crippen LogP contribution in [0.2, 0.25) is 0 Å². The summed E-state index contributed by atoms with van der Waals surface area (Å²) in [5.74, 6) is 2.20. The van der Waals surface area contributed by atoms with Crippen LogP contribution in [0, 0.1) is 6.92 Å². The second-order valence-corrected chi connectivity index (χ2v) is 7.51. The van der Waals surface area contributed by atoms with Crippen molar-refractivity contribution in [1.29, 1.82) is 0 Å². The summed E-state index contributed by atoms with van der Waals surface area (Å²) >= 11 is 1.46. The van der Waals surface area contributed by atoms with E-state index in [9.17, 15) is 4.79 Å². The van der Waals surface area contributed by atoms with Crippen molar-refractivity contribution in [3.8, 4) is 28.5 Å². The number of ether oxygens (including phenoxy) is 3. The van der Waals surface area contributed by atoms with Gasteiger partial charge in [-0.05, 0) is 43.7 Å². The molecule has 7 heteroatoms. The largest absolute Gasteiger partial charge is 0.494 e. The van der Waals surface area contributed by atoms with Gasteiger partial charge in [-0.15, -0.1) is 11.3 Å². The first-order valence-electron chi connectivity index (χ1n) is 9.04. The molecule has 0 aliphatic carbocycles. The van der Waals surface area contributed by atoms with Gasteiger partial charge in [-0.1, -0.05) is 18.2 Å². The first-order chi connectivity index (χ1) is 13.7. The van der Waals surface area contributed by atoms with E-state index >= 15 is 0 Å². The lowest BCUT2D eigenvalue weighted by Gasteiger charge is -2.05. The molecule has 1 aliphatic heterocycles. The molecule has 0 unspecified atom stereocenters. The zero-order valence-electron chi connectivity index (χ0n) is 15.4. The summed E-state index contributed by atoms with van der Waals surface area (Å²) in [7, 11) is 0. The fraction of sp³-hybridized carbons (Fsp3) is 0.238. The third-order valence-electron chi connectivity index (χ3n) is 4.25. The van der Waals surface area contributed by atoms with Gasteiger partial charge in [-0.25, -0.2) is 4.98 Å². The lowest BCUT2D eigenvalue weighted by atomic mass is 10.1. The van der Waals surface area contributed by atoms with E-state index in [1.165, 1.54) is 11.3 Å². The van der Waals surface area contributed by atoms with E-state index in [0.29, 0.717) is 30.3 Å². The van der Waals surface area contributed by atoms with Gasteiger partial charge in [0.05, 0.1) is 12.3 Å². The molecule has 1 N–H and O–H groups in total. The fourth-order valence-electron chi connectivity index (χ4n) is 2.88. The van der Waals surface area contributed by atoms with Gasteiger partial charge in [-0.3, -0.25) is 4.79 Å². The molecule has 0 saturated carbocycles. The van der Waals surface area contributed by atoms with Gasteiger partial charge in [-0.2, -0.15) is 0 Å². The van der Waals surface area contributed by atoms with Crippen LogP contribution >= 0.6 is 11.3 Å². The van der Waals surface area contributed by atoms with Gasteiger partial charge >= 0.3 is 0 Å². The maximum atomic E-state index is 12.2. The Morgan fingerprint density at radius 3 is 2.86 bits per heavy atom. The van der Waals surface area contributed by atoms with Crippen LogP contribution in [-0.4, -0.2) is 24.3 Å². The molecular formula is C21H20N2O4S. The van der Waals surface area contributed by atoms with Gasteiger partial charge in [0.1, 0.15) is 5.75 Å². The minimum atomic E-state index is -0.0670. The minimum Gasteiger partial charge on any atom is -0.494 e. The van der Waals surface area contributed by atoms with Crippen molar-refractivity contribution >= 4 is 22.4 Å². The SMILES string of the molecule is Cc1sc(NC(=O)CCCOc2ccccc2)nc1-c1ccc2c(c1)OCO2. The van der Waals surface area contributed by atoms with E-state index in [-0.39, 0.29) is 12.7 Å². The van der Waals surface area contributed by atoms with E-state index in [2.05, 4.69) is 10.3 Å². The van der Waals surface area contributed by atoms with Crippen molar-refractivity contribution < 1.29 is 19.0 Å². The van der Waals surface area contributed by atoms with Crippen molar-refractivity contribution in [1.82, 2.24) is 4.98 Å². The number of anilines is 1. The highest BCUT2D eigenvalue weighted by Crippen LogP contribution is 2.38. The third kappa shape index (κ3) is 4.26. The molecule has 1 amide bonds. The number of nitrogens with one attached hydrogen (secondary N) is 1. The average molecular weight is 396 g/mol. The molecule has 0 spiro atoms. The monoisotopic (exact) mass is 396 g/mol. The number of hydrogen-bond donors (Lipinski definition) is 1. The smallest absolute Gasteiger partial charge is 0.231 e. The van der Waals surface area contributed by atoms with E-state index < -0.39 is 0 Å². The normalized spacial score (nSPS) is 12.0. The molecule has 144 valence electrons. The van der Waals surface area contributed by atoms with Gasteiger partial charge in [0, 0.05) is 16.9 Å². The Balaban J connectivity index is 1.31. The molecule has 1 aromatic heterocycles. The topological polar surface area (TPSA) is 69.7 Å². The average Bonchev–Trinajstić information content (AvgIpc) is 3.31. The summed E-state index contributed by atoms with van der Waals surface area (Å²) in [6.45, 7) is 2.72. The number of carbonyl (C=O) groups is 1. The Bertz CT molecular complexity index is 972. The number of benzene rings is 2. The third-order valence-corrected chi connectivity index (χ3v) is 5.14. The van der Waals surface area contributed by atoms with Crippen molar-refractivity contribution in [2.75, 3.05) is 18.7 Å². The quantitative estimate of drug-likeness (QED) is 0.589. The zero-order chi connectivity index (χ0) is 19.3. The lowest BCUT2D eigenvalue weighted by Crippen LogP contribution is -2.12. The van der Waals surface area contributed by atoms with Gasteiger partial charge < -0.3 is 19.5 Å². The fourth-order valence-corrected chi connectivity index (χ4v) is 3.73. The standard InChI is InChI=1S/C21H20N2O4S/c1-14-20(15-9-10-17-18(12-15)27-13-26-17)23-21(28-14)22-19(24)8-5-11-25-16-6-3-2-4-7-16/h2-4,6-7,9-10,12H,5,8,11,13H2,1H3,(H,22,23,24). The predicted molar refractivity (Wildman–Crippen MR) is 108 cm³/mol. The highest BCUT2D eigenvalue weighted by molar-refractivity contribution is 7.16. The number of nitrogens with zero attached hydrogens (tertiary/aromatic N) is 1. The second-order valence-electron chi connectivity index (χ2n) is 6.31. The van der Waals surface area contributed by atoms with Crippen molar-refractivity contribution in [3.05, 3.63) is 53.4 Å².